The molecule has 0 aliphatic heterocycles. The fraction of sp³-hybridized carbons (Fsp3) is 0.167. The van der Waals surface area contributed by atoms with Crippen molar-refractivity contribution in [3.63, 3.8) is 0 Å². The van der Waals surface area contributed by atoms with Gasteiger partial charge in [-0.1, -0.05) is 23.7 Å². The molecule has 0 radical (unpaired) electrons. The van der Waals surface area contributed by atoms with Crippen molar-refractivity contribution in [1.82, 2.24) is 0 Å². The molecule has 0 spiro atoms. The maximum Gasteiger partial charge on any atom is 0.339 e. The third-order valence-electron chi connectivity index (χ3n) is 3.43. The number of benzene rings is 2. The molecule has 0 bridgehead atoms. The molecule has 136 valence electrons. The summed E-state index contributed by atoms with van der Waals surface area (Å²) >= 11 is 6.04. The van der Waals surface area contributed by atoms with Crippen molar-refractivity contribution >= 4 is 40.8 Å². The molecular formula is C18H17ClN2O5. The lowest BCUT2D eigenvalue weighted by atomic mass is 10.1. The van der Waals surface area contributed by atoms with Crippen LogP contribution in [0.25, 0.3) is 0 Å². The monoisotopic (exact) mass is 376 g/mol. The number of amides is 2. The molecule has 0 heterocycles. The number of carboxylic acid groups (broad SMARTS) is 1. The number of halogens is 1. The number of carbonyl (C=O) groups is 3. The second-order valence-electron chi connectivity index (χ2n) is 5.44. The van der Waals surface area contributed by atoms with Crippen molar-refractivity contribution < 1.29 is 24.2 Å². The van der Waals surface area contributed by atoms with Crippen LogP contribution in [-0.2, 0) is 16.0 Å². The number of hydrogen-bond acceptors (Lipinski definition) is 4. The number of carbonyl (C=O) groups excluding carboxylic acids is 2. The quantitative estimate of drug-likeness (QED) is 0.718. The van der Waals surface area contributed by atoms with Crippen LogP contribution < -0.4 is 15.4 Å². The minimum atomic E-state index is -1.18. The Hall–Kier alpha value is -3.06. The van der Waals surface area contributed by atoms with Gasteiger partial charge in [0.05, 0.1) is 24.2 Å². The van der Waals surface area contributed by atoms with Gasteiger partial charge in [0.1, 0.15) is 11.3 Å². The van der Waals surface area contributed by atoms with Crippen LogP contribution in [-0.4, -0.2) is 30.0 Å². The van der Waals surface area contributed by atoms with Crippen molar-refractivity contribution in [1.29, 1.82) is 0 Å². The van der Waals surface area contributed by atoms with Gasteiger partial charge in [0, 0.05) is 18.7 Å². The highest BCUT2D eigenvalue weighted by Crippen LogP contribution is 2.31. The van der Waals surface area contributed by atoms with Gasteiger partial charge in [0.2, 0.25) is 11.8 Å². The van der Waals surface area contributed by atoms with E-state index in [1.165, 1.54) is 26.2 Å². The van der Waals surface area contributed by atoms with Gasteiger partial charge in [0.15, 0.2) is 0 Å². The van der Waals surface area contributed by atoms with E-state index in [0.717, 1.165) is 5.56 Å². The largest absolute Gasteiger partial charge is 0.496 e. The molecule has 0 aliphatic carbocycles. The van der Waals surface area contributed by atoms with E-state index in [2.05, 4.69) is 10.6 Å². The van der Waals surface area contributed by atoms with Gasteiger partial charge in [0.25, 0.3) is 0 Å². The lowest BCUT2D eigenvalue weighted by Crippen LogP contribution is -2.15. The lowest BCUT2D eigenvalue weighted by Gasteiger charge is -2.12. The average molecular weight is 377 g/mol. The average Bonchev–Trinajstić information content (AvgIpc) is 2.57. The van der Waals surface area contributed by atoms with E-state index in [-0.39, 0.29) is 40.3 Å². The highest BCUT2D eigenvalue weighted by atomic mass is 35.5. The Bertz CT molecular complexity index is 849. The maximum absolute atomic E-state index is 12.2. The Balaban J connectivity index is 2.10. The van der Waals surface area contributed by atoms with Crippen LogP contribution in [0.3, 0.4) is 0 Å². The second-order valence-corrected chi connectivity index (χ2v) is 5.85. The lowest BCUT2D eigenvalue weighted by molar-refractivity contribution is -0.116. The summed E-state index contributed by atoms with van der Waals surface area (Å²) in [5.41, 5.74) is 1.54. The summed E-state index contributed by atoms with van der Waals surface area (Å²) in [7, 11) is 1.33. The van der Waals surface area contributed by atoms with Crippen molar-refractivity contribution in [2.24, 2.45) is 0 Å². The molecule has 0 atom stereocenters. The second kappa shape index (κ2) is 8.35. The number of hydrogen-bond donors (Lipinski definition) is 3. The Kier molecular flexibility index (Phi) is 6.19. The fourth-order valence-electron chi connectivity index (χ4n) is 2.27. The topological polar surface area (TPSA) is 105 Å². The molecule has 0 saturated heterocycles. The molecule has 2 aromatic rings. The van der Waals surface area contributed by atoms with E-state index in [0.29, 0.717) is 5.69 Å². The van der Waals surface area contributed by atoms with E-state index < -0.39 is 5.97 Å². The van der Waals surface area contributed by atoms with Crippen molar-refractivity contribution in [2.75, 3.05) is 17.7 Å². The minimum Gasteiger partial charge on any atom is -0.496 e. The Morgan fingerprint density at radius 2 is 1.77 bits per heavy atom. The zero-order valence-electron chi connectivity index (χ0n) is 14.1. The summed E-state index contributed by atoms with van der Waals surface area (Å²) in [5, 5.41) is 14.5. The molecule has 0 aromatic heterocycles. The van der Waals surface area contributed by atoms with E-state index in [4.69, 9.17) is 21.4 Å². The summed E-state index contributed by atoms with van der Waals surface area (Å²) in [6.07, 6.45) is 0.0830. The first kappa shape index (κ1) is 19.3. The van der Waals surface area contributed by atoms with Crippen LogP contribution in [0.5, 0.6) is 5.75 Å². The van der Waals surface area contributed by atoms with Gasteiger partial charge in [-0.25, -0.2) is 4.79 Å². The van der Waals surface area contributed by atoms with Crippen LogP contribution in [0.1, 0.15) is 22.8 Å². The highest BCUT2D eigenvalue weighted by Gasteiger charge is 2.16. The number of rotatable bonds is 6. The smallest absolute Gasteiger partial charge is 0.339 e. The van der Waals surface area contributed by atoms with Gasteiger partial charge in [-0.2, -0.15) is 0 Å². The van der Waals surface area contributed by atoms with Crippen LogP contribution in [0, 0.1) is 0 Å². The Morgan fingerprint density at radius 1 is 1.12 bits per heavy atom. The van der Waals surface area contributed by atoms with Crippen LogP contribution in [0.4, 0.5) is 11.4 Å². The molecule has 0 saturated carbocycles. The summed E-state index contributed by atoms with van der Waals surface area (Å²) in [4.78, 5) is 34.4. The summed E-state index contributed by atoms with van der Waals surface area (Å²) in [6.45, 7) is 1.41. The molecule has 0 unspecified atom stereocenters. The zero-order chi connectivity index (χ0) is 19.3. The maximum atomic E-state index is 12.2. The third kappa shape index (κ3) is 4.97. The minimum absolute atomic E-state index is 0.0830. The van der Waals surface area contributed by atoms with E-state index >= 15 is 0 Å². The van der Waals surface area contributed by atoms with Gasteiger partial charge in [-0.05, 0) is 23.8 Å². The summed E-state index contributed by atoms with van der Waals surface area (Å²) in [5.74, 6) is -1.59. The fourth-order valence-corrected chi connectivity index (χ4v) is 2.49. The van der Waals surface area contributed by atoms with E-state index in [1.54, 1.807) is 24.3 Å². The third-order valence-corrected chi connectivity index (χ3v) is 3.75. The molecule has 3 N–H and O–H groups in total. The van der Waals surface area contributed by atoms with Gasteiger partial charge < -0.3 is 20.5 Å². The number of carboxylic acids is 1. The first-order valence-corrected chi connectivity index (χ1v) is 7.95. The van der Waals surface area contributed by atoms with Crippen LogP contribution >= 0.6 is 11.6 Å². The molecule has 2 rings (SSSR count). The predicted octanol–water partition coefficient (Wildman–Crippen LogP) is 3.19. The van der Waals surface area contributed by atoms with Crippen LogP contribution in [0.2, 0.25) is 5.02 Å². The number of anilines is 2. The molecule has 0 fully saturated rings. The van der Waals surface area contributed by atoms with Gasteiger partial charge >= 0.3 is 5.97 Å². The van der Waals surface area contributed by atoms with Crippen molar-refractivity contribution in [2.45, 2.75) is 13.3 Å². The Labute approximate surface area is 154 Å². The predicted molar refractivity (Wildman–Crippen MR) is 98.0 cm³/mol. The van der Waals surface area contributed by atoms with E-state index in [1.807, 2.05) is 0 Å². The molecule has 2 aromatic carbocycles. The molecule has 0 aliphatic rings. The van der Waals surface area contributed by atoms with Crippen LogP contribution in [0.15, 0.2) is 36.4 Å². The molecule has 8 heteroatoms. The van der Waals surface area contributed by atoms with Crippen molar-refractivity contribution in [3.8, 4) is 5.75 Å². The standard InChI is InChI=1S/C18H17ClN2O5/c1-10(22)20-12-5-3-11(4-6-12)7-17(23)21-15-9-16(26-2)13(18(24)25)8-14(15)19/h3-6,8-9H,7H2,1-2H3,(H,20,22)(H,21,23)(H,24,25). The number of nitrogens with one attached hydrogen (secondary N) is 2. The molecule has 7 nitrogen and oxygen atoms in total. The van der Waals surface area contributed by atoms with Gasteiger partial charge in [-0.15, -0.1) is 0 Å². The zero-order valence-corrected chi connectivity index (χ0v) is 14.9. The van der Waals surface area contributed by atoms with Gasteiger partial charge in [-0.3, -0.25) is 9.59 Å². The molecule has 26 heavy (non-hydrogen) atoms. The summed E-state index contributed by atoms with van der Waals surface area (Å²) < 4.78 is 5.02. The first-order valence-electron chi connectivity index (χ1n) is 7.57. The Morgan fingerprint density at radius 3 is 2.31 bits per heavy atom. The molecular weight excluding hydrogens is 360 g/mol. The summed E-state index contributed by atoms with van der Waals surface area (Å²) in [6, 6.07) is 9.43. The van der Waals surface area contributed by atoms with Crippen molar-refractivity contribution in [3.05, 3.63) is 52.5 Å². The number of aromatic carboxylic acids is 1. The number of ether oxygens (including phenoxy) is 1. The SMILES string of the molecule is COc1cc(NC(=O)Cc2ccc(NC(C)=O)cc2)c(Cl)cc1C(=O)O. The van der Waals surface area contributed by atoms with E-state index in [9.17, 15) is 14.4 Å². The first-order chi connectivity index (χ1) is 12.3. The normalized spacial score (nSPS) is 10.1. The highest BCUT2D eigenvalue weighted by molar-refractivity contribution is 6.34. The number of methoxy groups -OCH3 is 1. The molecule has 2 amide bonds.